The number of carbonyl (C=O) groups is 1. The maximum absolute atomic E-state index is 11.6. The predicted molar refractivity (Wildman–Crippen MR) is 113 cm³/mol. The highest BCUT2D eigenvalue weighted by Crippen LogP contribution is 2.48. The molecule has 1 aliphatic carbocycles. The Bertz CT molecular complexity index is 557. The Morgan fingerprint density at radius 3 is 2.48 bits per heavy atom. The van der Waals surface area contributed by atoms with E-state index in [2.05, 4.69) is 34.9 Å². The number of nitrogens with zero attached hydrogens (tertiary/aromatic N) is 1. The van der Waals surface area contributed by atoms with E-state index in [1.807, 2.05) is 26.8 Å². The number of ether oxygens (including phenoxy) is 1. The molecule has 140 valence electrons. The zero-order valence-electron chi connectivity index (χ0n) is 15.4. The molecule has 2 N–H and O–H groups in total. The number of benzene rings is 1. The van der Waals surface area contributed by atoms with Crippen LogP contribution in [-0.4, -0.2) is 37.7 Å². The number of rotatable bonds is 8. The first-order chi connectivity index (χ1) is 11.6. The van der Waals surface area contributed by atoms with Gasteiger partial charge in [-0.2, -0.15) is 0 Å². The zero-order chi connectivity index (χ0) is 17.4. The third-order valence-electron chi connectivity index (χ3n) is 4.11. The van der Waals surface area contributed by atoms with Gasteiger partial charge in [-0.1, -0.05) is 30.3 Å². The van der Waals surface area contributed by atoms with E-state index < -0.39 is 0 Å². The molecule has 0 bridgehead atoms. The van der Waals surface area contributed by atoms with Crippen LogP contribution in [0.15, 0.2) is 35.3 Å². The van der Waals surface area contributed by atoms with E-state index in [0.717, 1.165) is 19.0 Å². The lowest BCUT2D eigenvalue weighted by Gasteiger charge is -2.16. The van der Waals surface area contributed by atoms with Crippen LogP contribution in [0, 0.1) is 0 Å². The maximum Gasteiger partial charge on any atom is 0.307 e. The molecular formula is C19H30IN3O2. The number of esters is 1. The number of nitrogens with one attached hydrogen (secondary N) is 2. The molecular weight excluding hydrogens is 429 g/mol. The van der Waals surface area contributed by atoms with Gasteiger partial charge in [0, 0.05) is 18.5 Å². The highest BCUT2D eigenvalue weighted by Gasteiger charge is 2.43. The molecule has 1 aliphatic rings. The van der Waals surface area contributed by atoms with Gasteiger partial charge in [-0.05, 0) is 39.2 Å². The molecule has 0 amide bonds. The molecule has 0 unspecified atom stereocenters. The summed E-state index contributed by atoms with van der Waals surface area (Å²) in [7, 11) is 0. The van der Waals surface area contributed by atoms with Crippen molar-refractivity contribution < 1.29 is 9.53 Å². The predicted octanol–water partition coefficient (Wildman–Crippen LogP) is 3.23. The summed E-state index contributed by atoms with van der Waals surface area (Å²) in [6, 6.07) is 10.6. The lowest BCUT2D eigenvalue weighted by Crippen LogP contribution is -2.39. The van der Waals surface area contributed by atoms with Gasteiger partial charge >= 0.3 is 5.97 Å². The summed E-state index contributed by atoms with van der Waals surface area (Å²) < 4.78 is 5.13. The smallest absolute Gasteiger partial charge is 0.307 e. The molecule has 1 aromatic carbocycles. The molecule has 25 heavy (non-hydrogen) atoms. The van der Waals surface area contributed by atoms with Gasteiger partial charge in [-0.15, -0.1) is 24.0 Å². The van der Waals surface area contributed by atoms with E-state index >= 15 is 0 Å². The van der Waals surface area contributed by atoms with Crippen molar-refractivity contribution in [3.05, 3.63) is 35.9 Å². The Balaban J connectivity index is 0.00000312. The van der Waals surface area contributed by atoms with E-state index in [1.54, 1.807) is 0 Å². The van der Waals surface area contributed by atoms with Gasteiger partial charge in [0.2, 0.25) is 0 Å². The van der Waals surface area contributed by atoms with Crippen LogP contribution in [-0.2, 0) is 14.9 Å². The highest BCUT2D eigenvalue weighted by atomic mass is 127. The van der Waals surface area contributed by atoms with Gasteiger partial charge in [-0.25, -0.2) is 0 Å². The maximum atomic E-state index is 11.6. The zero-order valence-corrected chi connectivity index (χ0v) is 17.7. The van der Waals surface area contributed by atoms with Crippen LogP contribution in [0.3, 0.4) is 0 Å². The molecule has 0 spiro atoms. The number of aliphatic imine (C=N–C) groups is 1. The second-order valence-corrected chi connectivity index (χ2v) is 6.56. The third-order valence-corrected chi connectivity index (χ3v) is 4.11. The summed E-state index contributed by atoms with van der Waals surface area (Å²) in [6.45, 7) is 7.83. The van der Waals surface area contributed by atoms with Crippen LogP contribution in [0.5, 0.6) is 0 Å². The number of carbonyl (C=O) groups excluding carboxylic acids is 1. The van der Waals surface area contributed by atoms with Gasteiger partial charge in [-0.3, -0.25) is 9.79 Å². The Kier molecular flexibility index (Phi) is 9.24. The van der Waals surface area contributed by atoms with E-state index in [9.17, 15) is 4.79 Å². The fourth-order valence-electron chi connectivity index (χ4n) is 2.66. The van der Waals surface area contributed by atoms with Crippen LogP contribution in [0.4, 0.5) is 0 Å². The van der Waals surface area contributed by atoms with Crippen molar-refractivity contribution in [3.8, 4) is 0 Å². The van der Waals surface area contributed by atoms with Gasteiger partial charge in [0.25, 0.3) is 0 Å². The SMILES string of the molecule is CCNC(=NCC1(c2ccccc2)CC1)NCCC(=O)OC(C)C.I. The fraction of sp³-hybridized carbons (Fsp3) is 0.579. The van der Waals surface area contributed by atoms with Crippen molar-refractivity contribution >= 4 is 35.9 Å². The standard InChI is InChI=1S/C19H29N3O2.HI/c1-4-20-18(21-13-10-17(23)24-15(2)3)22-14-19(11-12-19)16-8-6-5-7-9-16;/h5-9,15H,4,10-14H2,1-3H3,(H2,20,21,22);1H. The van der Waals surface area contributed by atoms with Crippen molar-refractivity contribution in [2.75, 3.05) is 19.6 Å². The summed E-state index contributed by atoms with van der Waals surface area (Å²) in [5, 5.41) is 6.45. The molecule has 0 saturated heterocycles. The quantitative estimate of drug-likeness (QED) is 0.271. The Morgan fingerprint density at radius 2 is 1.92 bits per heavy atom. The van der Waals surface area contributed by atoms with Crippen LogP contribution < -0.4 is 10.6 Å². The van der Waals surface area contributed by atoms with Crippen molar-refractivity contribution in [2.24, 2.45) is 4.99 Å². The second kappa shape index (κ2) is 10.6. The lowest BCUT2D eigenvalue weighted by molar-refractivity contribution is -0.147. The molecule has 0 aliphatic heterocycles. The molecule has 5 nitrogen and oxygen atoms in total. The summed E-state index contributed by atoms with van der Waals surface area (Å²) in [4.78, 5) is 16.3. The van der Waals surface area contributed by atoms with Crippen molar-refractivity contribution in [2.45, 2.75) is 51.6 Å². The minimum absolute atomic E-state index is 0. The summed E-state index contributed by atoms with van der Waals surface area (Å²) in [6.07, 6.45) is 2.63. The molecule has 6 heteroatoms. The highest BCUT2D eigenvalue weighted by molar-refractivity contribution is 14.0. The number of guanidine groups is 1. The number of hydrogen-bond donors (Lipinski definition) is 2. The average Bonchev–Trinajstić information content (AvgIpc) is 3.34. The lowest BCUT2D eigenvalue weighted by atomic mass is 9.96. The van der Waals surface area contributed by atoms with Crippen molar-refractivity contribution in [1.82, 2.24) is 10.6 Å². The van der Waals surface area contributed by atoms with E-state index in [0.29, 0.717) is 13.0 Å². The first-order valence-electron chi connectivity index (χ1n) is 8.83. The summed E-state index contributed by atoms with van der Waals surface area (Å²) >= 11 is 0. The topological polar surface area (TPSA) is 62.7 Å². The molecule has 1 fully saturated rings. The molecule has 2 rings (SSSR count). The molecule has 0 heterocycles. The molecule has 1 aromatic rings. The Hall–Kier alpha value is -1.31. The first-order valence-corrected chi connectivity index (χ1v) is 8.83. The first kappa shape index (κ1) is 21.7. The van der Waals surface area contributed by atoms with E-state index in [4.69, 9.17) is 9.73 Å². The monoisotopic (exact) mass is 459 g/mol. The average molecular weight is 459 g/mol. The Labute approximate surface area is 168 Å². The van der Waals surface area contributed by atoms with Gasteiger partial charge in [0.1, 0.15) is 0 Å². The third kappa shape index (κ3) is 7.22. The van der Waals surface area contributed by atoms with Gasteiger partial charge < -0.3 is 15.4 Å². The van der Waals surface area contributed by atoms with Crippen molar-refractivity contribution in [1.29, 1.82) is 0 Å². The normalized spacial score (nSPS) is 15.3. The summed E-state index contributed by atoms with van der Waals surface area (Å²) in [5.41, 5.74) is 1.56. The molecule has 1 saturated carbocycles. The number of hydrogen-bond acceptors (Lipinski definition) is 3. The fourth-order valence-corrected chi connectivity index (χ4v) is 2.66. The van der Waals surface area contributed by atoms with Gasteiger partial charge in [0.05, 0.1) is 19.1 Å². The minimum atomic E-state index is -0.184. The number of halogens is 1. The van der Waals surface area contributed by atoms with Crippen LogP contribution >= 0.6 is 24.0 Å². The molecule has 0 aromatic heterocycles. The van der Waals surface area contributed by atoms with E-state index in [-0.39, 0.29) is 41.5 Å². The van der Waals surface area contributed by atoms with Crippen LogP contribution in [0.2, 0.25) is 0 Å². The largest absolute Gasteiger partial charge is 0.463 e. The second-order valence-electron chi connectivity index (χ2n) is 6.56. The Morgan fingerprint density at radius 1 is 1.24 bits per heavy atom. The van der Waals surface area contributed by atoms with E-state index in [1.165, 1.54) is 18.4 Å². The van der Waals surface area contributed by atoms with Crippen LogP contribution in [0.25, 0.3) is 0 Å². The van der Waals surface area contributed by atoms with Gasteiger partial charge in [0.15, 0.2) is 5.96 Å². The van der Waals surface area contributed by atoms with Crippen LogP contribution in [0.1, 0.15) is 45.6 Å². The molecule has 0 atom stereocenters. The molecule has 0 radical (unpaired) electrons. The minimum Gasteiger partial charge on any atom is -0.463 e. The van der Waals surface area contributed by atoms with Crippen molar-refractivity contribution in [3.63, 3.8) is 0 Å². The summed E-state index contributed by atoms with van der Waals surface area (Å²) in [5.74, 6) is 0.577.